The normalized spacial score (nSPS) is 15.8. The van der Waals surface area contributed by atoms with Gasteiger partial charge < -0.3 is 5.11 Å². The SMILES string of the molecule is CN(CC(O)C(F)F)C(C)(C)C. The number of nitrogens with zero attached hydrogens (tertiary/aromatic N) is 1. The minimum Gasteiger partial charge on any atom is -0.386 e. The van der Waals surface area contributed by atoms with Crippen LogP contribution in [0, 0.1) is 0 Å². The Labute approximate surface area is 72.2 Å². The Morgan fingerprint density at radius 2 is 1.75 bits per heavy atom. The molecule has 4 heteroatoms. The number of β-amino-alcohol motifs (C(OH)–C–C–N with tert-alkyl or cyclic N) is 1. The summed E-state index contributed by atoms with van der Waals surface area (Å²) in [4.78, 5) is 1.70. The minimum atomic E-state index is -2.66. The lowest BCUT2D eigenvalue weighted by Gasteiger charge is -2.33. The number of hydrogen-bond acceptors (Lipinski definition) is 2. The van der Waals surface area contributed by atoms with Crippen LogP contribution in [0.25, 0.3) is 0 Å². The molecule has 0 aliphatic carbocycles. The van der Waals surface area contributed by atoms with Gasteiger partial charge >= 0.3 is 0 Å². The van der Waals surface area contributed by atoms with Gasteiger partial charge in [0.05, 0.1) is 0 Å². The van der Waals surface area contributed by atoms with Crippen molar-refractivity contribution in [3.05, 3.63) is 0 Å². The van der Waals surface area contributed by atoms with Crippen molar-refractivity contribution in [2.45, 2.75) is 38.8 Å². The lowest BCUT2D eigenvalue weighted by Crippen LogP contribution is -2.44. The summed E-state index contributed by atoms with van der Waals surface area (Å²) in [6, 6.07) is 0. The predicted molar refractivity (Wildman–Crippen MR) is 44.4 cm³/mol. The van der Waals surface area contributed by atoms with Crippen LogP contribution in [0.1, 0.15) is 20.8 Å². The van der Waals surface area contributed by atoms with Gasteiger partial charge in [-0.25, -0.2) is 8.78 Å². The first-order valence-corrected chi connectivity index (χ1v) is 3.92. The van der Waals surface area contributed by atoms with Gasteiger partial charge in [-0.05, 0) is 27.8 Å². The molecule has 0 saturated heterocycles. The van der Waals surface area contributed by atoms with Crippen molar-refractivity contribution in [1.29, 1.82) is 0 Å². The zero-order valence-corrected chi connectivity index (χ0v) is 8.01. The first kappa shape index (κ1) is 11.8. The molecule has 1 atom stereocenters. The highest BCUT2D eigenvalue weighted by Crippen LogP contribution is 2.12. The van der Waals surface area contributed by atoms with Crippen LogP contribution < -0.4 is 0 Å². The van der Waals surface area contributed by atoms with Gasteiger partial charge in [0, 0.05) is 12.1 Å². The van der Waals surface area contributed by atoms with Gasteiger partial charge in [0.2, 0.25) is 0 Å². The summed E-state index contributed by atoms with van der Waals surface area (Å²) in [6.45, 7) is 5.72. The van der Waals surface area contributed by atoms with Crippen molar-refractivity contribution in [2.24, 2.45) is 0 Å². The standard InChI is InChI=1S/C8H17F2NO/c1-8(2,3)11(4)5-6(12)7(9)10/h6-7,12H,5H2,1-4H3. The molecule has 2 nitrogen and oxygen atoms in total. The van der Waals surface area contributed by atoms with Crippen molar-refractivity contribution in [2.75, 3.05) is 13.6 Å². The van der Waals surface area contributed by atoms with Crippen LogP contribution in [0.2, 0.25) is 0 Å². The highest BCUT2D eigenvalue weighted by atomic mass is 19.3. The molecule has 0 saturated carbocycles. The molecule has 0 amide bonds. The smallest absolute Gasteiger partial charge is 0.265 e. The summed E-state index contributed by atoms with van der Waals surface area (Å²) >= 11 is 0. The number of likely N-dealkylation sites (N-methyl/N-ethyl adjacent to an activating group) is 1. The van der Waals surface area contributed by atoms with E-state index in [4.69, 9.17) is 5.11 Å². The Morgan fingerprint density at radius 3 is 2.00 bits per heavy atom. The van der Waals surface area contributed by atoms with Crippen LogP contribution in [0.4, 0.5) is 8.78 Å². The molecule has 0 rings (SSSR count). The molecule has 0 aromatic carbocycles. The second-order valence-corrected chi connectivity index (χ2v) is 3.95. The molecule has 0 aromatic rings. The van der Waals surface area contributed by atoms with Crippen molar-refractivity contribution in [3.63, 3.8) is 0 Å². The van der Waals surface area contributed by atoms with E-state index in [1.807, 2.05) is 20.8 Å². The van der Waals surface area contributed by atoms with E-state index in [2.05, 4.69) is 0 Å². The van der Waals surface area contributed by atoms with Gasteiger partial charge in [-0.1, -0.05) is 0 Å². The number of aliphatic hydroxyl groups excluding tert-OH is 1. The van der Waals surface area contributed by atoms with Crippen LogP contribution in [0.15, 0.2) is 0 Å². The van der Waals surface area contributed by atoms with Crippen molar-refractivity contribution in [1.82, 2.24) is 4.90 Å². The van der Waals surface area contributed by atoms with Crippen LogP contribution in [0.5, 0.6) is 0 Å². The van der Waals surface area contributed by atoms with E-state index in [0.717, 1.165) is 0 Å². The van der Waals surface area contributed by atoms with Crippen molar-refractivity contribution >= 4 is 0 Å². The third-order valence-corrected chi connectivity index (χ3v) is 1.90. The summed E-state index contributed by atoms with van der Waals surface area (Å²) < 4.78 is 23.8. The lowest BCUT2D eigenvalue weighted by atomic mass is 10.1. The first-order valence-electron chi connectivity index (χ1n) is 3.92. The number of aliphatic hydroxyl groups is 1. The van der Waals surface area contributed by atoms with Gasteiger partial charge in [-0.3, -0.25) is 4.90 Å². The lowest BCUT2D eigenvalue weighted by molar-refractivity contribution is -0.0318. The van der Waals surface area contributed by atoms with Gasteiger partial charge in [0.1, 0.15) is 6.10 Å². The molecule has 0 bridgehead atoms. The van der Waals surface area contributed by atoms with Crippen LogP contribution >= 0.6 is 0 Å². The molecule has 0 aliphatic rings. The van der Waals surface area contributed by atoms with Gasteiger partial charge in [-0.15, -0.1) is 0 Å². The first-order chi connectivity index (χ1) is 5.25. The second kappa shape index (κ2) is 4.14. The number of alkyl halides is 2. The quantitative estimate of drug-likeness (QED) is 0.710. The molecular weight excluding hydrogens is 164 g/mol. The average Bonchev–Trinajstić information content (AvgIpc) is 1.85. The minimum absolute atomic E-state index is 0.00116. The number of hydrogen-bond donors (Lipinski definition) is 1. The Morgan fingerprint density at radius 1 is 1.33 bits per heavy atom. The summed E-state index contributed by atoms with van der Waals surface area (Å²) in [6.07, 6.45) is -4.20. The Balaban J connectivity index is 3.93. The van der Waals surface area contributed by atoms with E-state index < -0.39 is 12.5 Å². The third kappa shape index (κ3) is 3.97. The summed E-state index contributed by atoms with van der Waals surface area (Å²) in [5.74, 6) is 0. The fourth-order valence-corrected chi connectivity index (χ4v) is 0.634. The fraction of sp³-hybridized carbons (Fsp3) is 1.00. The molecule has 0 spiro atoms. The van der Waals surface area contributed by atoms with E-state index in [0.29, 0.717) is 0 Å². The van der Waals surface area contributed by atoms with Gasteiger partial charge in [-0.2, -0.15) is 0 Å². The molecule has 12 heavy (non-hydrogen) atoms. The maximum absolute atomic E-state index is 11.9. The van der Waals surface area contributed by atoms with Gasteiger partial charge in [0.15, 0.2) is 0 Å². The van der Waals surface area contributed by atoms with E-state index in [1.54, 1.807) is 11.9 Å². The monoisotopic (exact) mass is 181 g/mol. The van der Waals surface area contributed by atoms with Crippen molar-refractivity contribution < 1.29 is 13.9 Å². The predicted octanol–water partition coefficient (Wildman–Crippen LogP) is 1.34. The van der Waals surface area contributed by atoms with E-state index in [1.165, 1.54) is 0 Å². The molecule has 0 aromatic heterocycles. The van der Waals surface area contributed by atoms with E-state index in [9.17, 15) is 8.78 Å². The zero-order chi connectivity index (χ0) is 9.94. The Kier molecular flexibility index (Phi) is 4.06. The molecule has 0 heterocycles. The molecule has 0 fully saturated rings. The highest BCUT2D eigenvalue weighted by molar-refractivity contribution is 4.75. The molecule has 0 aliphatic heterocycles. The number of halogens is 2. The van der Waals surface area contributed by atoms with Crippen molar-refractivity contribution in [3.8, 4) is 0 Å². The van der Waals surface area contributed by atoms with Crippen LogP contribution in [-0.2, 0) is 0 Å². The van der Waals surface area contributed by atoms with E-state index in [-0.39, 0.29) is 12.1 Å². The van der Waals surface area contributed by atoms with Gasteiger partial charge in [0.25, 0.3) is 6.43 Å². The largest absolute Gasteiger partial charge is 0.386 e. The Hall–Kier alpha value is -0.220. The second-order valence-electron chi connectivity index (χ2n) is 3.95. The molecule has 74 valence electrons. The zero-order valence-electron chi connectivity index (χ0n) is 8.01. The Bertz CT molecular complexity index is 134. The molecular formula is C8H17F2NO. The molecule has 0 radical (unpaired) electrons. The van der Waals surface area contributed by atoms with E-state index >= 15 is 0 Å². The maximum Gasteiger partial charge on any atom is 0.265 e. The van der Waals surface area contributed by atoms with Crippen LogP contribution in [-0.4, -0.2) is 41.7 Å². The maximum atomic E-state index is 11.9. The number of rotatable bonds is 3. The molecule has 1 N–H and O–H groups in total. The third-order valence-electron chi connectivity index (χ3n) is 1.90. The molecule has 1 unspecified atom stereocenters. The summed E-state index contributed by atoms with van der Waals surface area (Å²) in [5.41, 5.74) is -0.185. The van der Waals surface area contributed by atoms with Crippen LogP contribution in [0.3, 0.4) is 0 Å². The summed E-state index contributed by atoms with van der Waals surface area (Å²) in [7, 11) is 1.71. The fourth-order valence-electron chi connectivity index (χ4n) is 0.634. The average molecular weight is 181 g/mol. The summed E-state index contributed by atoms with van der Waals surface area (Å²) in [5, 5.41) is 8.87. The highest BCUT2D eigenvalue weighted by Gasteiger charge is 2.24. The topological polar surface area (TPSA) is 23.5 Å².